The van der Waals surface area contributed by atoms with Gasteiger partial charge in [-0.05, 0) is 32.5 Å². The second-order valence-electron chi connectivity index (χ2n) is 6.36. The molecule has 1 aliphatic rings. The van der Waals surface area contributed by atoms with Gasteiger partial charge in [0.25, 0.3) is 0 Å². The number of hydrogen-bond donors (Lipinski definition) is 1. The van der Waals surface area contributed by atoms with E-state index in [4.69, 9.17) is 4.52 Å². The Morgan fingerprint density at radius 1 is 1.40 bits per heavy atom. The predicted octanol–water partition coefficient (Wildman–Crippen LogP) is 2.55. The quantitative estimate of drug-likeness (QED) is 0.902. The summed E-state index contributed by atoms with van der Waals surface area (Å²) in [7, 11) is 4.12. The number of nitrogens with zero attached hydrogens (tertiary/aromatic N) is 4. The molecule has 1 saturated heterocycles. The molecular formula is C17H23N5O2S. The van der Waals surface area contributed by atoms with E-state index in [1.54, 1.807) is 6.92 Å². The molecule has 2 aromatic rings. The number of hydrogen-bond acceptors (Lipinski definition) is 6. The lowest BCUT2D eigenvalue weighted by atomic mass is 10.2. The summed E-state index contributed by atoms with van der Waals surface area (Å²) in [6, 6.07) is 7.77. The van der Waals surface area contributed by atoms with Crippen LogP contribution < -0.4 is 5.32 Å². The summed E-state index contributed by atoms with van der Waals surface area (Å²) in [5.41, 5.74) is 1.53. The van der Waals surface area contributed by atoms with Crippen LogP contribution in [0.15, 0.2) is 28.8 Å². The number of carbonyl (C=O) groups excluding carboxylic acids is 1. The third kappa shape index (κ3) is 3.96. The van der Waals surface area contributed by atoms with Crippen molar-refractivity contribution in [2.45, 2.75) is 18.2 Å². The van der Waals surface area contributed by atoms with Crippen molar-refractivity contribution in [3.8, 4) is 11.4 Å². The van der Waals surface area contributed by atoms with E-state index >= 15 is 0 Å². The number of benzene rings is 1. The van der Waals surface area contributed by atoms with Crippen molar-refractivity contribution in [2.24, 2.45) is 0 Å². The summed E-state index contributed by atoms with van der Waals surface area (Å²) < 4.78 is 5.02. The van der Waals surface area contributed by atoms with Gasteiger partial charge in [0, 0.05) is 42.6 Å². The summed E-state index contributed by atoms with van der Waals surface area (Å²) in [5, 5.41) is 7.32. The number of aryl methyl sites for hydroxylation is 1. The Hall–Kier alpha value is -2.06. The molecular weight excluding hydrogens is 338 g/mol. The van der Waals surface area contributed by atoms with E-state index in [1.165, 1.54) is 0 Å². The van der Waals surface area contributed by atoms with E-state index < -0.39 is 0 Å². The first kappa shape index (κ1) is 17.8. The van der Waals surface area contributed by atoms with Crippen LogP contribution >= 0.6 is 11.8 Å². The Bertz CT molecular complexity index is 748. The van der Waals surface area contributed by atoms with Gasteiger partial charge >= 0.3 is 6.03 Å². The molecule has 2 heterocycles. The highest BCUT2D eigenvalue weighted by atomic mass is 32.2. The summed E-state index contributed by atoms with van der Waals surface area (Å²) in [6.45, 7) is 3.23. The van der Waals surface area contributed by atoms with Gasteiger partial charge in [-0.1, -0.05) is 17.3 Å². The van der Waals surface area contributed by atoms with Gasteiger partial charge in [-0.3, -0.25) is 0 Å². The minimum atomic E-state index is -0.0788. The molecule has 0 radical (unpaired) electrons. The maximum atomic E-state index is 12.6. The molecule has 0 saturated carbocycles. The van der Waals surface area contributed by atoms with Crippen molar-refractivity contribution in [1.29, 1.82) is 0 Å². The maximum Gasteiger partial charge on any atom is 0.321 e. The summed E-state index contributed by atoms with van der Waals surface area (Å²) >= 11 is 1.81. The molecule has 0 spiro atoms. The SMILES string of the molecule is CS[C@@H]1CN(C(=O)Nc2cccc(-c3noc(C)n3)c2)C[C@@H]1N(C)C. The number of anilines is 1. The maximum absolute atomic E-state index is 12.6. The Morgan fingerprint density at radius 2 is 2.20 bits per heavy atom. The highest BCUT2D eigenvalue weighted by Gasteiger charge is 2.36. The Balaban J connectivity index is 1.69. The fraction of sp³-hybridized carbons (Fsp3) is 0.471. The minimum Gasteiger partial charge on any atom is -0.339 e. The van der Waals surface area contributed by atoms with Gasteiger partial charge < -0.3 is 19.6 Å². The van der Waals surface area contributed by atoms with E-state index in [-0.39, 0.29) is 6.03 Å². The molecule has 1 aliphatic heterocycles. The molecule has 1 aromatic heterocycles. The third-order valence-electron chi connectivity index (χ3n) is 4.39. The molecule has 2 atom stereocenters. The highest BCUT2D eigenvalue weighted by Crippen LogP contribution is 2.25. The normalized spacial score (nSPS) is 20.3. The molecule has 25 heavy (non-hydrogen) atoms. The van der Waals surface area contributed by atoms with E-state index in [1.807, 2.05) is 40.9 Å². The topological polar surface area (TPSA) is 74.5 Å². The molecule has 1 N–H and O–H groups in total. The number of nitrogens with one attached hydrogen (secondary N) is 1. The average molecular weight is 361 g/mol. The molecule has 7 nitrogen and oxygen atoms in total. The Morgan fingerprint density at radius 3 is 2.80 bits per heavy atom. The number of amides is 2. The fourth-order valence-electron chi connectivity index (χ4n) is 3.01. The molecule has 8 heteroatoms. The van der Waals surface area contributed by atoms with Crippen molar-refractivity contribution < 1.29 is 9.32 Å². The second kappa shape index (κ2) is 7.45. The van der Waals surface area contributed by atoms with Crippen LogP contribution in [0.4, 0.5) is 10.5 Å². The zero-order valence-electron chi connectivity index (χ0n) is 14.9. The molecule has 0 aliphatic carbocycles. The van der Waals surface area contributed by atoms with Crippen LogP contribution in [0.25, 0.3) is 11.4 Å². The van der Waals surface area contributed by atoms with Gasteiger partial charge in [0.05, 0.1) is 0 Å². The van der Waals surface area contributed by atoms with Crippen LogP contribution in [0.2, 0.25) is 0 Å². The predicted molar refractivity (Wildman–Crippen MR) is 99.8 cm³/mol. The van der Waals surface area contributed by atoms with Gasteiger partial charge in [0.2, 0.25) is 11.7 Å². The van der Waals surface area contributed by atoms with Gasteiger partial charge in [-0.25, -0.2) is 4.79 Å². The van der Waals surface area contributed by atoms with Crippen LogP contribution in [0, 0.1) is 6.92 Å². The number of likely N-dealkylation sites (N-methyl/N-ethyl adjacent to an activating group) is 1. The third-order valence-corrected chi connectivity index (χ3v) is 5.46. The molecule has 1 fully saturated rings. The van der Waals surface area contributed by atoms with Crippen LogP contribution in [0.5, 0.6) is 0 Å². The van der Waals surface area contributed by atoms with Crippen molar-refractivity contribution in [3.63, 3.8) is 0 Å². The smallest absolute Gasteiger partial charge is 0.321 e. The largest absolute Gasteiger partial charge is 0.339 e. The van der Waals surface area contributed by atoms with E-state index in [0.717, 1.165) is 24.3 Å². The summed E-state index contributed by atoms with van der Waals surface area (Å²) in [5.74, 6) is 1.03. The van der Waals surface area contributed by atoms with Crippen molar-refractivity contribution in [2.75, 3.05) is 38.8 Å². The van der Waals surface area contributed by atoms with Crippen LogP contribution in [0.3, 0.4) is 0 Å². The zero-order valence-corrected chi connectivity index (χ0v) is 15.7. The number of carbonyl (C=O) groups is 1. The Kier molecular flexibility index (Phi) is 5.29. The van der Waals surface area contributed by atoms with Crippen LogP contribution in [-0.4, -0.2) is 70.7 Å². The van der Waals surface area contributed by atoms with Gasteiger partial charge in [-0.2, -0.15) is 16.7 Å². The lowest BCUT2D eigenvalue weighted by molar-refractivity contribution is 0.216. The highest BCUT2D eigenvalue weighted by molar-refractivity contribution is 7.99. The van der Waals surface area contributed by atoms with Crippen LogP contribution in [0.1, 0.15) is 5.89 Å². The summed E-state index contributed by atoms with van der Waals surface area (Å²) in [6.07, 6.45) is 2.10. The van der Waals surface area contributed by atoms with Crippen molar-refractivity contribution in [3.05, 3.63) is 30.2 Å². The van der Waals surface area contributed by atoms with E-state index in [0.29, 0.717) is 23.0 Å². The van der Waals surface area contributed by atoms with Crippen molar-refractivity contribution in [1.82, 2.24) is 19.9 Å². The molecule has 2 amide bonds. The first-order valence-electron chi connectivity index (χ1n) is 8.14. The molecule has 1 aromatic carbocycles. The zero-order chi connectivity index (χ0) is 18.0. The summed E-state index contributed by atoms with van der Waals surface area (Å²) in [4.78, 5) is 20.9. The lowest BCUT2D eigenvalue weighted by Crippen LogP contribution is -2.38. The van der Waals surface area contributed by atoms with Gasteiger partial charge in [-0.15, -0.1) is 0 Å². The molecule has 0 bridgehead atoms. The standard InChI is InChI=1S/C17H23N5O2S/c1-11-18-16(20-24-11)12-6-5-7-13(8-12)19-17(23)22-9-14(21(2)3)15(10-22)25-4/h5-8,14-15H,9-10H2,1-4H3,(H,19,23)/t14-,15+/m0/s1. The number of urea groups is 1. The lowest BCUT2D eigenvalue weighted by Gasteiger charge is -2.23. The first-order chi connectivity index (χ1) is 12.0. The van der Waals surface area contributed by atoms with Crippen LogP contribution in [-0.2, 0) is 0 Å². The second-order valence-corrected chi connectivity index (χ2v) is 7.43. The van der Waals surface area contributed by atoms with Gasteiger partial charge in [0.1, 0.15) is 0 Å². The number of aromatic nitrogens is 2. The number of likely N-dealkylation sites (tertiary alicyclic amines) is 1. The van der Waals surface area contributed by atoms with E-state index in [9.17, 15) is 4.79 Å². The average Bonchev–Trinajstić information content (AvgIpc) is 3.21. The Labute approximate surface area is 151 Å². The fourth-order valence-corrected chi connectivity index (χ4v) is 3.98. The molecule has 0 unspecified atom stereocenters. The van der Waals surface area contributed by atoms with E-state index in [2.05, 4.69) is 40.7 Å². The molecule has 3 rings (SSSR count). The molecule has 134 valence electrons. The number of rotatable bonds is 4. The van der Waals surface area contributed by atoms with Crippen molar-refractivity contribution >= 4 is 23.5 Å². The minimum absolute atomic E-state index is 0.0788. The van der Waals surface area contributed by atoms with Gasteiger partial charge in [0.15, 0.2) is 0 Å². The monoisotopic (exact) mass is 361 g/mol. The number of thioether (sulfide) groups is 1. The first-order valence-corrected chi connectivity index (χ1v) is 9.42.